The van der Waals surface area contributed by atoms with Gasteiger partial charge < -0.3 is 10.2 Å². The van der Waals surface area contributed by atoms with E-state index in [-0.39, 0.29) is 5.41 Å². The van der Waals surface area contributed by atoms with Crippen molar-refractivity contribution < 1.29 is 10.2 Å². The van der Waals surface area contributed by atoms with Gasteiger partial charge in [0.25, 0.3) is 0 Å². The minimum absolute atomic E-state index is 0.142. The molecule has 0 aliphatic heterocycles. The number of aliphatic hydroxyl groups excluding tert-OH is 2. The first-order valence-electron chi connectivity index (χ1n) is 6.68. The van der Waals surface area contributed by atoms with Crippen LogP contribution >= 0.6 is 0 Å². The van der Waals surface area contributed by atoms with Crippen molar-refractivity contribution in [2.24, 2.45) is 0 Å². The van der Waals surface area contributed by atoms with Crippen molar-refractivity contribution in [1.82, 2.24) is 0 Å². The van der Waals surface area contributed by atoms with E-state index >= 15 is 0 Å². The van der Waals surface area contributed by atoms with Crippen molar-refractivity contribution in [3.63, 3.8) is 0 Å². The lowest BCUT2D eigenvalue weighted by atomic mass is 9.83. The van der Waals surface area contributed by atoms with Crippen LogP contribution in [-0.4, -0.2) is 22.4 Å². The fourth-order valence-corrected chi connectivity index (χ4v) is 2.19. The third-order valence-corrected chi connectivity index (χ3v) is 3.40. The molecule has 102 valence electrons. The largest absolute Gasteiger partial charge is 0.391 e. The number of hydrogen-bond donors (Lipinski definition) is 2. The van der Waals surface area contributed by atoms with Gasteiger partial charge in [0.2, 0.25) is 0 Å². The van der Waals surface area contributed by atoms with Gasteiger partial charge in [0.05, 0.1) is 12.2 Å². The minimum atomic E-state index is -0.655. The van der Waals surface area contributed by atoms with Crippen molar-refractivity contribution in [1.29, 1.82) is 0 Å². The summed E-state index contributed by atoms with van der Waals surface area (Å²) in [6, 6.07) is 6.48. The Kier molecular flexibility index (Phi) is 4.94. The van der Waals surface area contributed by atoms with Gasteiger partial charge in [-0.3, -0.25) is 0 Å². The first kappa shape index (κ1) is 15.2. The molecule has 0 aromatic heterocycles. The zero-order valence-corrected chi connectivity index (χ0v) is 12.2. The summed E-state index contributed by atoms with van der Waals surface area (Å²) in [5, 5.41) is 18.9. The third kappa shape index (κ3) is 4.11. The minimum Gasteiger partial charge on any atom is -0.391 e. The molecule has 1 rings (SSSR count). The van der Waals surface area contributed by atoms with Crippen molar-refractivity contribution >= 4 is 0 Å². The van der Waals surface area contributed by atoms with Crippen LogP contribution in [0.4, 0.5) is 0 Å². The van der Waals surface area contributed by atoms with E-state index < -0.39 is 12.2 Å². The van der Waals surface area contributed by atoms with Crippen LogP contribution in [0.3, 0.4) is 0 Å². The highest BCUT2D eigenvalue weighted by molar-refractivity contribution is 5.35. The summed E-state index contributed by atoms with van der Waals surface area (Å²) >= 11 is 0. The number of rotatable bonds is 4. The Morgan fingerprint density at radius 1 is 1.17 bits per heavy atom. The summed E-state index contributed by atoms with van der Waals surface area (Å²) in [6.07, 6.45) is 0.113. The second kappa shape index (κ2) is 5.85. The fraction of sp³-hybridized carbons (Fsp3) is 0.625. The number of benzene rings is 1. The second-order valence-electron chi connectivity index (χ2n) is 6.25. The quantitative estimate of drug-likeness (QED) is 0.862. The van der Waals surface area contributed by atoms with Gasteiger partial charge in [-0.1, -0.05) is 39.0 Å². The molecular formula is C16H26O2. The molecule has 0 saturated heterocycles. The van der Waals surface area contributed by atoms with Crippen molar-refractivity contribution in [3.05, 3.63) is 34.9 Å². The van der Waals surface area contributed by atoms with Gasteiger partial charge in [0, 0.05) is 0 Å². The maximum absolute atomic E-state index is 9.62. The van der Waals surface area contributed by atoms with Crippen LogP contribution in [0.25, 0.3) is 0 Å². The van der Waals surface area contributed by atoms with Crippen LogP contribution in [-0.2, 0) is 11.8 Å². The normalized spacial score (nSPS) is 15.5. The molecular weight excluding hydrogens is 224 g/mol. The first-order chi connectivity index (χ1) is 8.21. The van der Waals surface area contributed by atoms with Crippen LogP contribution in [0.1, 0.15) is 50.8 Å². The Bertz CT molecular complexity index is 389. The van der Waals surface area contributed by atoms with E-state index in [4.69, 9.17) is 0 Å². The predicted molar refractivity (Wildman–Crippen MR) is 75.9 cm³/mol. The molecule has 2 N–H and O–H groups in total. The summed E-state index contributed by atoms with van der Waals surface area (Å²) in [4.78, 5) is 0. The molecule has 2 nitrogen and oxygen atoms in total. The molecule has 2 heteroatoms. The van der Waals surface area contributed by atoms with E-state index in [0.29, 0.717) is 6.42 Å². The molecule has 0 fully saturated rings. The molecule has 2 unspecified atom stereocenters. The van der Waals surface area contributed by atoms with Crippen LogP contribution in [0.5, 0.6) is 0 Å². The van der Waals surface area contributed by atoms with E-state index in [1.165, 1.54) is 16.7 Å². The van der Waals surface area contributed by atoms with E-state index in [2.05, 4.69) is 45.9 Å². The van der Waals surface area contributed by atoms with Crippen LogP contribution in [0.15, 0.2) is 18.2 Å². The molecule has 18 heavy (non-hydrogen) atoms. The van der Waals surface area contributed by atoms with Crippen LogP contribution < -0.4 is 0 Å². The summed E-state index contributed by atoms with van der Waals surface area (Å²) in [7, 11) is 0. The predicted octanol–water partition coefficient (Wildman–Crippen LogP) is 2.97. The molecule has 0 aliphatic carbocycles. The monoisotopic (exact) mass is 250 g/mol. The molecule has 0 aliphatic rings. The molecule has 1 aromatic carbocycles. The van der Waals surface area contributed by atoms with Crippen LogP contribution in [0, 0.1) is 6.92 Å². The fourth-order valence-electron chi connectivity index (χ4n) is 2.19. The zero-order valence-electron chi connectivity index (χ0n) is 12.2. The average Bonchev–Trinajstić information content (AvgIpc) is 2.25. The SMILES string of the molecule is Cc1ccc(CCC(O)C(C)O)cc1C(C)(C)C. The Hall–Kier alpha value is -0.860. The molecule has 0 heterocycles. The molecule has 1 aromatic rings. The Morgan fingerprint density at radius 3 is 2.28 bits per heavy atom. The number of aryl methyl sites for hydroxylation is 2. The maximum atomic E-state index is 9.62. The molecule has 0 radical (unpaired) electrons. The smallest absolute Gasteiger partial charge is 0.0799 e. The zero-order chi connectivity index (χ0) is 13.9. The Morgan fingerprint density at radius 2 is 1.78 bits per heavy atom. The Labute approximate surface area is 111 Å². The van der Waals surface area contributed by atoms with Gasteiger partial charge in [-0.2, -0.15) is 0 Å². The summed E-state index contributed by atoms with van der Waals surface area (Å²) in [5.74, 6) is 0. The Balaban J connectivity index is 2.80. The third-order valence-electron chi connectivity index (χ3n) is 3.40. The van der Waals surface area contributed by atoms with E-state index in [1.807, 2.05) is 0 Å². The maximum Gasteiger partial charge on any atom is 0.0799 e. The van der Waals surface area contributed by atoms with Crippen molar-refractivity contribution in [2.45, 2.75) is 65.1 Å². The van der Waals surface area contributed by atoms with E-state index in [9.17, 15) is 10.2 Å². The van der Waals surface area contributed by atoms with Crippen molar-refractivity contribution in [3.8, 4) is 0 Å². The molecule has 0 spiro atoms. The lowest BCUT2D eigenvalue weighted by Crippen LogP contribution is -2.23. The lowest BCUT2D eigenvalue weighted by Gasteiger charge is -2.23. The van der Waals surface area contributed by atoms with E-state index in [0.717, 1.165) is 6.42 Å². The molecule has 0 saturated carbocycles. The summed E-state index contributed by atoms with van der Waals surface area (Å²) in [5.41, 5.74) is 4.03. The van der Waals surface area contributed by atoms with Gasteiger partial charge >= 0.3 is 0 Å². The van der Waals surface area contributed by atoms with Crippen LogP contribution in [0.2, 0.25) is 0 Å². The summed E-state index contributed by atoms with van der Waals surface area (Å²) < 4.78 is 0. The molecule has 0 amide bonds. The van der Waals surface area contributed by atoms with Gasteiger partial charge in [-0.25, -0.2) is 0 Å². The standard InChI is InChI=1S/C16H26O2/c1-11-6-7-13(8-9-15(18)12(2)17)10-14(11)16(3,4)5/h6-7,10,12,15,17-18H,8-9H2,1-5H3. The average molecular weight is 250 g/mol. The van der Waals surface area contributed by atoms with E-state index in [1.54, 1.807) is 6.92 Å². The van der Waals surface area contributed by atoms with Gasteiger partial charge in [-0.15, -0.1) is 0 Å². The number of aliphatic hydroxyl groups is 2. The highest BCUT2D eigenvalue weighted by Gasteiger charge is 2.17. The molecule has 0 bridgehead atoms. The summed E-state index contributed by atoms with van der Waals surface area (Å²) in [6.45, 7) is 10.4. The first-order valence-corrected chi connectivity index (χ1v) is 6.68. The highest BCUT2D eigenvalue weighted by atomic mass is 16.3. The van der Waals surface area contributed by atoms with Gasteiger partial charge in [0.15, 0.2) is 0 Å². The molecule has 2 atom stereocenters. The van der Waals surface area contributed by atoms with Gasteiger partial charge in [-0.05, 0) is 48.8 Å². The van der Waals surface area contributed by atoms with Crippen molar-refractivity contribution in [2.75, 3.05) is 0 Å². The number of hydrogen-bond acceptors (Lipinski definition) is 2. The van der Waals surface area contributed by atoms with Gasteiger partial charge in [0.1, 0.15) is 0 Å². The highest BCUT2D eigenvalue weighted by Crippen LogP contribution is 2.27. The second-order valence-corrected chi connectivity index (χ2v) is 6.25. The lowest BCUT2D eigenvalue weighted by molar-refractivity contribution is 0.0265. The topological polar surface area (TPSA) is 40.5 Å².